The molecule has 0 bridgehead atoms. The fourth-order valence-corrected chi connectivity index (χ4v) is 3.79. The number of amides is 3. The summed E-state index contributed by atoms with van der Waals surface area (Å²) in [5.41, 5.74) is -0.884. The van der Waals surface area contributed by atoms with E-state index in [1.165, 1.54) is 12.0 Å². The highest BCUT2D eigenvalue weighted by Gasteiger charge is 2.60. The van der Waals surface area contributed by atoms with Crippen molar-refractivity contribution in [2.24, 2.45) is 11.3 Å². The topological polar surface area (TPSA) is 84.0 Å². The van der Waals surface area contributed by atoms with Gasteiger partial charge >= 0.3 is 5.97 Å². The summed E-state index contributed by atoms with van der Waals surface area (Å²) in [5.74, 6) is -2.51. The Morgan fingerprint density at radius 1 is 1.28 bits per heavy atom. The first-order valence-electron chi connectivity index (χ1n) is 7.73. The molecule has 0 N–H and O–H groups in total. The Labute approximate surface area is 153 Å². The zero-order valence-electron chi connectivity index (χ0n) is 14.0. The van der Waals surface area contributed by atoms with Crippen molar-refractivity contribution in [3.05, 3.63) is 34.5 Å². The molecule has 2 heterocycles. The van der Waals surface area contributed by atoms with E-state index in [9.17, 15) is 19.2 Å². The second kappa shape index (κ2) is 5.94. The number of nitrogens with zero attached hydrogens (tertiary/aromatic N) is 2. The normalized spacial score (nSPS) is 31.8. The predicted octanol–water partition coefficient (Wildman–Crippen LogP) is 1.11. The highest BCUT2D eigenvalue weighted by atomic mass is 79.9. The Balaban J connectivity index is 1.86. The van der Waals surface area contributed by atoms with Gasteiger partial charge in [-0.2, -0.15) is 0 Å². The van der Waals surface area contributed by atoms with Crippen molar-refractivity contribution in [1.29, 1.82) is 0 Å². The largest absolute Gasteiger partial charge is 0.464 e. The summed E-state index contributed by atoms with van der Waals surface area (Å²) in [6.07, 6.45) is 6.83. The zero-order chi connectivity index (χ0) is 18.5. The maximum absolute atomic E-state index is 12.8. The first kappa shape index (κ1) is 17.6. The molecule has 3 amide bonds. The number of fused-ring (bicyclic) bond motifs is 1. The number of carbonyl (C=O) groups is 4. The molecule has 3 atom stereocenters. The van der Waals surface area contributed by atoms with Crippen LogP contribution in [0, 0.1) is 11.3 Å². The van der Waals surface area contributed by atoms with Crippen LogP contribution in [0.25, 0.3) is 0 Å². The lowest BCUT2D eigenvalue weighted by atomic mass is 9.76. The number of methoxy groups -OCH3 is 1. The van der Waals surface area contributed by atoms with Crippen LogP contribution >= 0.6 is 15.9 Å². The van der Waals surface area contributed by atoms with Crippen LogP contribution in [0.2, 0.25) is 0 Å². The van der Waals surface area contributed by atoms with Gasteiger partial charge in [0.1, 0.15) is 11.7 Å². The number of hydrogen-bond donors (Lipinski definition) is 0. The van der Waals surface area contributed by atoms with Crippen molar-refractivity contribution in [2.75, 3.05) is 13.7 Å². The van der Waals surface area contributed by atoms with Crippen molar-refractivity contribution in [2.45, 2.75) is 19.9 Å². The van der Waals surface area contributed by atoms with Crippen molar-refractivity contribution in [1.82, 2.24) is 9.80 Å². The summed E-state index contributed by atoms with van der Waals surface area (Å²) in [5, 5.41) is 0. The molecular formula is C17H17BrN2O5. The highest BCUT2D eigenvalue weighted by Crippen LogP contribution is 2.44. The first-order chi connectivity index (χ1) is 11.7. The number of esters is 1. The minimum absolute atomic E-state index is 0.0694. The van der Waals surface area contributed by atoms with E-state index in [1.54, 1.807) is 38.2 Å². The number of allylic oxidation sites excluding steroid dienone is 3. The number of ether oxygens (including phenoxy) is 1. The number of imide groups is 1. The van der Waals surface area contributed by atoms with Crippen LogP contribution in [0.5, 0.6) is 0 Å². The Morgan fingerprint density at radius 3 is 2.48 bits per heavy atom. The van der Waals surface area contributed by atoms with E-state index < -0.39 is 29.3 Å². The van der Waals surface area contributed by atoms with Gasteiger partial charge in [0.15, 0.2) is 0 Å². The molecule has 7 nitrogen and oxygen atoms in total. The zero-order valence-corrected chi connectivity index (χ0v) is 15.6. The molecule has 0 radical (unpaired) electrons. The monoisotopic (exact) mass is 408 g/mol. The van der Waals surface area contributed by atoms with Gasteiger partial charge in [0.05, 0.1) is 25.0 Å². The maximum atomic E-state index is 12.8. The molecule has 0 aromatic carbocycles. The van der Waals surface area contributed by atoms with Crippen molar-refractivity contribution >= 4 is 39.6 Å². The van der Waals surface area contributed by atoms with Crippen LogP contribution in [0.15, 0.2) is 34.5 Å². The molecule has 3 rings (SSSR count). The Morgan fingerprint density at radius 2 is 1.96 bits per heavy atom. The molecule has 3 unspecified atom stereocenters. The molecule has 1 aliphatic carbocycles. The number of halogens is 1. The first-order valence-corrected chi connectivity index (χ1v) is 8.53. The second-order valence-electron chi connectivity index (χ2n) is 6.36. The number of hydrogen-bond acceptors (Lipinski definition) is 5. The summed E-state index contributed by atoms with van der Waals surface area (Å²) in [4.78, 5) is 52.2. The fraction of sp³-hybridized carbons (Fsp3) is 0.412. The fourth-order valence-electron chi connectivity index (χ4n) is 3.42. The average Bonchev–Trinajstić information content (AvgIpc) is 2.77. The summed E-state index contributed by atoms with van der Waals surface area (Å²) >= 11 is 3.19. The van der Waals surface area contributed by atoms with Gasteiger partial charge in [-0.15, -0.1) is 0 Å². The third kappa shape index (κ3) is 2.38. The number of rotatable bonds is 3. The van der Waals surface area contributed by atoms with Gasteiger partial charge < -0.3 is 9.64 Å². The molecule has 2 saturated heterocycles. The molecule has 25 heavy (non-hydrogen) atoms. The molecule has 0 aromatic heterocycles. The molecular weight excluding hydrogens is 392 g/mol. The third-order valence-electron chi connectivity index (χ3n) is 4.88. The van der Waals surface area contributed by atoms with Gasteiger partial charge in [-0.05, 0) is 13.8 Å². The van der Waals surface area contributed by atoms with E-state index >= 15 is 0 Å². The summed E-state index contributed by atoms with van der Waals surface area (Å²) in [6.45, 7) is 3.38. The maximum Gasteiger partial charge on any atom is 0.355 e. The van der Waals surface area contributed by atoms with Crippen LogP contribution in [0.4, 0.5) is 0 Å². The van der Waals surface area contributed by atoms with Crippen LogP contribution < -0.4 is 0 Å². The van der Waals surface area contributed by atoms with Gasteiger partial charge in [0, 0.05) is 4.48 Å². The lowest BCUT2D eigenvalue weighted by Gasteiger charge is -2.42. The van der Waals surface area contributed by atoms with Gasteiger partial charge in [0.25, 0.3) is 5.91 Å². The summed E-state index contributed by atoms with van der Waals surface area (Å²) < 4.78 is 5.13. The molecule has 0 saturated carbocycles. The van der Waals surface area contributed by atoms with Crippen molar-refractivity contribution in [3.8, 4) is 0 Å². The lowest BCUT2D eigenvalue weighted by molar-refractivity contribution is -0.161. The Kier molecular flexibility index (Phi) is 4.18. The average molecular weight is 409 g/mol. The third-order valence-corrected chi connectivity index (χ3v) is 5.26. The second-order valence-corrected chi connectivity index (χ2v) is 7.55. The summed E-state index contributed by atoms with van der Waals surface area (Å²) in [7, 11) is 1.22. The van der Waals surface area contributed by atoms with Crippen LogP contribution in [-0.2, 0) is 23.9 Å². The van der Waals surface area contributed by atoms with E-state index in [0.29, 0.717) is 4.48 Å². The van der Waals surface area contributed by atoms with Crippen LogP contribution in [0.1, 0.15) is 13.8 Å². The quantitative estimate of drug-likeness (QED) is 0.302. The molecule has 8 heteroatoms. The predicted molar refractivity (Wildman–Crippen MR) is 90.9 cm³/mol. The molecule has 0 spiro atoms. The van der Waals surface area contributed by atoms with E-state index in [0.717, 1.165) is 4.90 Å². The number of carbonyl (C=O) groups excluding carboxylic acids is 4. The Hall–Kier alpha value is -2.22. The molecule has 2 aliphatic heterocycles. The Bertz CT molecular complexity index is 780. The standard InChI is InChI=1S/C17H17BrN2O5/c1-9(18)12(15(23)25-3)19-8-11(14(19)22)20-13(21)10-6-4-5-7-17(10,2)16(20)24/h4-7,10-11H,8H2,1-3H3. The van der Waals surface area contributed by atoms with Crippen molar-refractivity contribution in [3.63, 3.8) is 0 Å². The van der Waals surface area contributed by atoms with Crippen LogP contribution in [-0.4, -0.2) is 53.2 Å². The minimum Gasteiger partial charge on any atom is -0.464 e. The van der Waals surface area contributed by atoms with E-state index in [-0.39, 0.29) is 24.1 Å². The van der Waals surface area contributed by atoms with Gasteiger partial charge in [0.2, 0.25) is 11.8 Å². The smallest absolute Gasteiger partial charge is 0.355 e. The van der Waals surface area contributed by atoms with Crippen molar-refractivity contribution < 1.29 is 23.9 Å². The lowest BCUT2D eigenvalue weighted by Crippen LogP contribution is -2.65. The van der Waals surface area contributed by atoms with E-state index in [4.69, 9.17) is 0 Å². The van der Waals surface area contributed by atoms with Gasteiger partial charge in [-0.3, -0.25) is 19.3 Å². The number of likely N-dealkylation sites (tertiary alicyclic amines) is 2. The van der Waals surface area contributed by atoms with Gasteiger partial charge in [-0.1, -0.05) is 40.2 Å². The van der Waals surface area contributed by atoms with Gasteiger partial charge in [-0.25, -0.2) is 4.79 Å². The molecule has 2 fully saturated rings. The molecule has 0 aromatic rings. The van der Waals surface area contributed by atoms with Crippen LogP contribution in [0.3, 0.4) is 0 Å². The SMILES string of the molecule is COC(=O)C(=C(C)Br)N1CC(N2C(=O)C3C=CC=CC3(C)C2=O)C1=O. The molecule has 3 aliphatic rings. The minimum atomic E-state index is -0.959. The molecule has 132 valence electrons. The summed E-state index contributed by atoms with van der Waals surface area (Å²) in [6, 6.07) is -0.893. The van der Waals surface area contributed by atoms with E-state index in [1.807, 2.05) is 0 Å². The highest BCUT2D eigenvalue weighted by molar-refractivity contribution is 9.11. The van der Waals surface area contributed by atoms with E-state index in [2.05, 4.69) is 20.7 Å². The number of β-lactam (4-membered cyclic amide) rings is 1.